The van der Waals surface area contributed by atoms with E-state index in [4.69, 9.17) is 9.97 Å². The molecule has 2 aliphatic rings. The summed E-state index contributed by atoms with van der Waals surface area (Å²) in [7, 11) is 0. The van der Waals surface area contributed by atoms with Crippen LogP contribution in [0.25, 0.3) is 88.1 Å². The summed E-state index contributed by atoms with van der Waals surface area (Å²) in [6, 6.07) is 25.8. The molecule has 7 aromatic heterocycles. The summed E-state index contributed by atoms with van der Waals surface area (Å²) in [6.07, 6.45) is 8.60. The standard InChI is InChI=1S/C36H22N4S4.Cu/c1-5-29(41-17-1)33-21-9-11-23(37-21)34(30-6-2-18-42-30)25-13-15-27(39-25)36(32-8-4-20-44-32)28-16-14-26(40-28)35(31-7-3-19-43-31)24-12-10-22(33)38-24;/h1-20,37,40H;. The molecule has 9 heterocycles. The van der Waals surface area contributed by atoms with Gasteiger partial charge in [0.1, 0.15) is 0 Å². The van der Waals surface area contributed by atoms with Gasteiger partial charge in [-0.3, -0.25) is 0 Å². The summed E-state index contributed by atoms with van der Waals surface area (Å²) < 4.78 is 0. The number of rotatable bonds is 4. The Bertz CT molecular complexity index is 2040. The van der Waals surface area contributed by atoms with Gasteiger partial charge in [0.2, 0.25) is 0 Å². The second-order valence-corrected chi connectivity index (χ2v) is 14.2. The van der Waals surface area contributed by atoms with E-state index in [1.807, 2.05) is 0 Å². The fourth-order valence-corrected chi connectivity index (χ4v) is 9.10. The molecule has 0 saturated heterocycles. The number of aromatic amines is 2. The zero-order valence-electron chi connectivity index (χ0n) is 23.4. The minimum atomic E-state index is 0. The van der Waals surface area contributed by atoms with Crippen molar-refractivity contribution in [3.63, 3.8) is 0 Å². The van der Waals surface area contributed by atoms with Crippen LogP contribution in [-0.4, -0.2) is 19.9 Å². The Labute approximate surface area is 285 Å². The van der Waals surface area contributed by atoms with E-state index >= 15 is 0 Å². The predicted octanol–water partition coefficient (Wildman–Crippen LogP) is 11.6. The molecular weight excluding hydrogens is 680 g/mol. The molecule has 0 fully saturated rings. The van der Waals surface area contributed by atoms with Crippen LogP contribution in [0, 0.1) is 0 Å². The molecule has 0 spiro atoms. The van der Waals surface area contributed by atoms with Crippen molar-refractivity contribution >= 4 is 91.7 Å². The van der Waals surface area contributed by atoms with Gasteiger partial charge in [-0.1, -0.05) is 24.3 Å². The molecule has 2 aliphatic heterocycles. The van der Waals surface area contributed by atoms with Crippen LogP contribution in [0.1, 0.15) is 22.8 Å². The molecule has 0 saturated carbocycles. The number of hydrogen-bond donors (Lipinski definition) is 2. The van der Waals surface area contributed by atoms with Crippen molar-refractivity contribution in [1.29, 1.82) is 0 Å². The number of aromatic nitrogens is 4. The van der Waals surface area contributed by atoms with E-state index in [1.165, 1.54) is 19.5 Å². The summed E-state index contributed by atoms with van der Waals surface area (Å²) in [4.78, 5) is 22.9. The third-order valence-electron chi connectivity index (χ3n) is 7.82. The first-order chi connectivity index (χ1) is 21.8. The van der Waals surface area contributed by atoms with Gasteiger partial charge in [0.05, 0.1) is 22.8 Å². The third kappa shape index (κ3) is 4.93. The van der Waals surface area contributed by atoms with E-state index in [9.17, 15) is 0 Å². The largest absolute Gasteiger partial charge is 0.354 e. The SMILES string of the molecule is C1=Cc2nc1c(-c1cccs1)c1ccc([nH]1)c(-c1cccs1)c1nc(c(-c3cccs3)c3ccc([nH]3)c2-c2cccs2)C=C1.[Cu]. The Morgan fingerprint density at radius 2 is 0.644 bits per heavy atom. The maximum absolute atomic E-state index is 5.31. The fraction of sp³-hybridized carbons (Fsp3) is 0. The van der Waals surface area contributed by atoms with Gasteiger partial charge in [-0.2, -0.15) is 0 Å². The first kappa shape index (κ1) is 28.4. The Hall–Kier alpha value is -4.08. The molecule has 8 bridgehead atoms. The average Bonchev–Trinajstić information content (AvgIpc) is 3.90. The van der Waals surface area contributed by atoms with Crippen molar-refractivity contribution in [1.82, 2.24) is 19.9 Å². The predicted molar refractivity (Wildman–Crippen MR) is 192 cm³/mol. The van der Waals surface area contributed by atoms with Crippen LogP contribution in [0.15, 0.2) is 94.3 Å². The molecule has 0 atom stereocenters. The monoisotopic (exact) mass is 701 g/mol. The topological polar surface area (TPSA) is 57.4 Å². The summed E-state index contributed by atoms with van der Waals surface area (Å²) in [6.45, 7) is 0. The van der Waals surface area contributed by atoms with Crippen molar-refractivity contribution in [3.8, 4) is 41.8 Å². The van der Waals surface area contributed by atoms with Crippen molar-refractivity contribution in [3.05, 3.63) is 117 Å². The molecule has 4 nitrogen and oxygen atoms in total. The van der Waals surface area contributed by atoms with E-state index in [0.717, 1.165) is 67.1 Å². The molecule has 7 aromatic rings. The number of nitrogens with one attached hydrogen (secondary N) is 2. The Morgan fingerprint density at radius 1 is 0.378 bits per heavy atom. The molecule has 0 unspecified atom stereocenters. The van der Waals surface area contributed by atoms with Gasteiger partial charge < -0.3 is 9.97 Å². The van der Waals surface area contributed by atoms with E-state index in [0.29, 0.717) is 0 Å². The first-order valence-corrected chi connectivity index (χ1v) is 17.6. The van der Waals surface area contributed by atoms with Crippen LogP contribution in [-0.2, 0) is 17.1 Å². The van der Waals surface area contributed by atoms with E-state index in [2.05, 4.69) is 129 Å². The van der Waals surface area contributed by atoms with Gasteiger partial charge in [-0.25, -0.2) is 9.97 Å². The van der Waals surface area contributed by atoms with Gasteiger partial charge in [0.15, 0.2) is 0 Å². The number of fused-ring (bicyclic) bond motifs is 8. The minimum Gasteiger partial charge on any atom is -0.354 e. The van der Waals surface area contributed by atoms with Crippen LogP contribution in [0.3, 0.4) is 0 Å². The van der Waals surface area contributed by atoms with Crippen molar-refractivity contribution in [2.24, 2.45) is 0 Å². The summed E-state index contributed by atoms with van der Waals surface area (Å²) >= 11 is 6.91. The molecule has 45 heavy (non-hydrogen) atoms. The molecule has 1 radical (unpaired) electrons. The number of H-pyrrole nitrogens is 2. The van der Waals surface area contributed by atoms with Crippen LogP contribution >= 0.6 is 45.3 Å². The summed E-state index contributed by atoms with van der Waals surface area (Å²) in [5.74, 6) is 0. The van der Waals surface area contributed by atoms with E-state index < -0.39 is 0 Å². The normalized spacial score (nSPS) is 12.1. The van der Waals surface area contributed by atoms with Gasteiger partial charge in [-0.05, 0) is 94.4 Å². The van der Waals surface area contributed by atoms with Gasteiger partial charge >= 0.3 is 0 Å². The maximum atomic E-state index is 5.31. The smallest absolute Gasteiger partial charge is 0.0745 e. The molecular formula is C36H22CuN4S4. The van der Waals surface area contributed by atoms with E-state index in [-0.39, 0.29) is 17.1 Å². The number of thiophene rings is 4. The van der Waals surface area contributed by atoms with Crippen molar-refractivity contribution < 1.29 is 17.1 Å². The molecule has 221 valence electrons. The molecule has 9 heteroatoms. The number of hydrogen-bond acceptors (Lipinski definition) is 6. The van der Waals surface area contributed by atoms with Crippen molar-refractivity contribution in [2.45, 2.75) is 0 Å². The van der Waals surface area contributed by atoms with Crippen LogP contribution < -0.4 is 0 Å². The van der Waals surface area contributed by atoms with Crippen molar-refractivity contribution in [2.75, 3.05) is 0 Å². The fourth-order valence-electron chi connectivity index (χ4n) is 5.93. The van der Waals surface area contributed by atoms with Crippen LogP contribution in [0.4, 0.5) is 0 Å². The van der Waals surface area contributed by atoms with Gasteiger partial charge in [-0.15, -0.1) is 45.3 Å². The molecule has 0 aromatic carbocycles. The summed E-state index contributed by atoms with van der Waals surface area (Å²) in [5, 5.41) is 8.50. The second kappa shape index (κ2) is 11.7. The molecule has 2 N–H and O–H groups in total. The maximum Gasteiger partial charge on any atom is 0.0745 e. The summed E-state index contributed by atoms with van der Waals surface area (Å²) in [5.41, 5.74) is 12.3. The Kier molecular flexibility index (Phi) is 7.38. The van der Waals surface area contributed by atoms with Crippen LogP contribution in [0.2, 0.25) is 0 Å². The molecule has 9 rings (SSSR count). The Morgan fingerprint density at radius 3 is 0.867 bits per heavy atom. The molecule has 0 amide bonds. The van der Waals surface area contributed by atoms with E-state index in [1.54, 1.807) is 45.3 Å². The quantitative estimate of drug-likeness (QED) is 0.179. The van der Waals surface area contributed by atoms with Crippen LogP contribution in [0.5, 0.6) is 0 Å². The zero-order valence-corrected chi connectivity index (χ0v) is 27.6. The third-order valence-corrected chi connectivity index (χ3v) is 11.4. The average molecular weight is 702 g/mol. The zero-order chi connectivity index (χ0) is 29.0. The number of nitrogens with zero attached hydrogens (tertiary/aromatic N) is 2. The Balaban J connectivity index is 0.00000300. The van der Waals surface area contributed by atoms with Gasteiger partial charge in [0.25, 0.3) is 0 Å². The second-order valence-electron chi connectivity index (χ2n) is 10.4. The minimum absolute atomic E-state index is 0. The molecule has 0 aliphatic carbocycles. The van der Waals surface area contributed by atoms with Gasteiger partial charge in [0, 0.05) is 80.9 Å². The first-order valence-electron chi connectivity index (χ1n) is 14.1.